The molecule has 0 aromatic rings. The quantitative estimate of drug-likeness (QED) is 0.0283. The molecule has 0 aliphatic rings. The molecule has 0 saturated carbocycles. The summed E-state index contributed by atoms with van der Waals surface area (Å²) in [4.78, 5) is 37.1. The van der Waals surface area contributed by atoms with Crippen LogP contribution in [0.3, 0.4) is 0 Å². The molecule has 0 bridgehead atoms. The Morgan fingerprint density at radius 1 is 0.517 bits per heavy atom. The summed E-state index contributed by atoms with van der Waals surface area (Å²) in [7, 11) is 5.51. The van der Waals surface area contributed by atoms with Crippen LogP contribution in [-0.4, -0.2) is 80.6 Å². The first-order valence-electron chi connectivity index (χ1n) is 23.6. The van der Waals surface area contributed by atoms with E-state index in [9.17, 15) is 19.5 Å². The molecule has 0 fully saturated rings. The van der Waals surface area contributed by atoms with Gasteiger partial charge in [-0.15, -0.1) is 0 Å². The van der Waals surface area contributed by atoms with Gasteiger partial charge >= 0.3 is 17.9 Å². The number of quaternary nitrogens is 1. The van der Waals surface area contributed by atoms with Gasteiger partial charge in [0.25, 0.3) is 0 Å². The Bertz CT molecular complexity index is 1250. The second kappa shape index (κ2) is 42.2. The van der Waals surface area contributed by atoms with Gasteiger partial charge in [0.15, 0.2) is 12.1 Å². The van der Waals surface area contributed by atoms with Crippen LogP contribution in [0.2, 0.25) is 0 Å². The van der Waals surface area contributed by atoms with Gasteiger partial charge in [0, 0.05) is 19.3 Å². The molecule has 2 atom stereocenters. The van der Waals surface area contributed by atoms with Crippen LogP contribution in [0.15, 0.2) is 85.1 Å². The first-order chi connectivity index (χ1) is 29.1. The summed E-state index contributed by atoms with van der Waals surface area (Å²) >= 11 is 0. The lowest BCUT2D eigenvalue weighted by atomic mass is 10.1. The fraction of sp³-hybridized carbons (Fsp3) is 0.673. The van der Waals surface area contributed by atoms with Crippen LogP contribution in [0, 0.1) is 0 Å². The summed E-state index contributed by atoms with van der Waals surface area (Å²) < 4.78 is 17.3. The van der Waals surface area contributed by atoms with E-state index in [0.29, 0.717) is 12.8 Å². The van der Waals surface area contributed by atoms with E-state index in [1.54, 1.807) is 0 Å². The van der Waals surface area contributed by atoms with Crippen LogP contribution in [0.4, 0.5) is 0 Å². The summed E-state index contributed by atoms with van der Waals surface area (Å²) in [5.74, 6) is -1.53. The highest BCUT2D eigenvalue weighted by molar-refractivity contribution is 5.72. The standard InChI is InChI=1S/C52H87NO7/c1-6-8-10-12-14-16-18-20-22-24-25-27-29-31-33-35-37-39-41-43-51(55)60-48(46-58-45-44-49(52(56)57)53(3,4)5)47-59-50(54)42-40-38-36-34-32-30-28-26-23-21-19-17-15-13-11-9-7-2/h8,10,14-17,20-23,25,27,31,33,48-49H,6-7,9,11-13,18-19,24,26,28-30,32,34-47H2,1-5H3/p+1/b10-8+,16-14+,17-15+,22-20+,23-21+,27-25+,33-31+. The van der Waals surface area contributed by atoms with Crippen LogP contribution in [0.1, 0.15) is 174 Å². The number of ether oxygens (including phenoxy) is 3. The molecule has 342 valence electrons. The van der Waals surface area contributed by atoms with Gasteiger partial charge in [0.05, 0.1) is 34.4 Å². The highest BCUT2D eigenvalue weighted by atomic mass is 16.6. The fourth-order valence-corrected chi connectivity index (χ4v) is 6.38. The number of hydrogen-bond acceptors (Lipinski definition) is 6. The number of nitrogens with zero attached hydrogens (tertiary/aromatic N) is 1. The highest BCUT2D eigenvalue weighted by Crippen LogP contribution is 2.13. The minimum atomic E-state index is -0.885. The predicted molar refractivity (Wildman–Crippen MR) is 252 cm³/mol. The molecule has 1 N–H and O–H groups in total. The molecular weight excluding hydrogens is 751 g/mol. The molecule has 8 heteroatoms. The summed E-state index contributed by atoms with van der Waals surface area (Å²) in [6.45, 7) is 4.54. The van der Waals surface area contributed by atoms with Crippen molar-refractivity contribution in [2.75, 3.05) is 41.0 Å². The number of carboxylic acid groups (broad SMARTS) is 1. The molecule has 2 unspecified atom stereocenters. The zero-order chi connectivity index (χ0) is 44.2. The molecule has 0 aliphatic heterocycles. The Balaban J connectivity index is 4.40. The third kappa shape index (κ3) is 39.9. The first kappa shape index (κ1) is 56.5. The van der Waals surface area contributed by atoms with E-state index >= 15 is 0 Å². The van der Waals surface area contributed by atoms with Gasteiger partial charge in [0.1, 0.15) is 6.61 Å². The third-order valence-corrected chi connectivity index (χ3v) is 10.0. The molecule has 0 rings (SSSR count). The maximum Gasteiger partial charge on any atom is 0.362 e. The Morgan fingerprint density at radius 2 is 0.933 bits per heavy atom. The van der Waals surface area contributed by atoms with Gasteiger partial charge in [-0.25, -0.2) is 4.79 Å². The van der Waals surface area contributed by atoms with Gasteiger partial charge in [-0.05, 0) is 89.9 Å². The lowest BCUT2D eigenvalue weighted by Gasteiger charge is -2.31. The second-order valence-electron chi connectivity index (χ2n) is 16.6. The Labute approximate surface area is 367 Å². The molecule has 0 radical (unpaired) electrons. The van der Waals surface area contributed by atoms with Gasteiger partial charge < -0.3 is 23.8 Å². The summed E-state index contributed by atoms with van der Waals surface area (Å²) in [5, 5.41) is 9.64. The minimum Gasteiger partial charge on any atom is -0.477 e. The van der Waals surface area contributed by atoms with Crippen molar-refractivity contribution in [1.29, 1.82) is 0 Å². The molecule has 0 saturated heterocycles. The van der Waals surface area contributed by atoms with Gasteiger partial charge in [-0.3, -0.25) is 9.59 Å². The van der Waals surface area contributed by atoms with Crippen molar-refractivity contribution in [3.63, 3.8) is 0 Å². The highest BCUT2D eigenvalue weighted by Gasteiger charge is 2.31. The summed E-state index contributed by atoms with van der Waals surface area (Å²) in [6.07, 6.45) is 54.8. The zero-order valence-electron chi connectivity index (χ0n) is 38.9. The van der Waals surface area contributed by atoms with Crippen LogP contribution in [0.5, 0.6) is 0 Å². The molecule has 60 heavy (non-hydrogen) atoms. The maximum absolute atomic E-state index is 12.8. The Kier molecular flexibility index (Phi) is 39.8. The van der Waals surface area contributed by atoms with Crippen molar-refractivity contribution in [2.45, 2.75) is 187 Å². The average molecular weight is 839 g/mol. The van der Waals surface area contributed by atoms with Crippen molar-refractivity contribution in [3.05, 3.63) is 85.1 Å². The van der Waals surface area contributed by atoms with Crippen molar-refractivity contribution < 1.29 is 38.2 Å². The van der Waals surface area contributed by atoms with Crippen molar-refractivity contribution in [3.8, 4) is 0 Å². The van der Waals surface area contributed by atoms with E-state index in [0.717, 1.165) is 89.9 Å². The normalized spacial score (nSPS) is 13.7. The predicted octanol–water partition coefficient (Wildman–Crippen LogP) is 13.3. The zero-order valence-corrected chi connectivity index (χ0v) is 38.9. The number of aliphatic carboxylic acids is 1. The number of unbranched alkanes of at least 4 members (excludes halogenated alkanes) is 13. The topological polar surface area (TPSA) is 99.1 Å². The van der Waals surface area contributed by atoms with Crippen molar-refractivity contribution >= 4 is 17.9 Å². The van der Waals surface area contributed by atoms with Crippen molar-refractivity contribution in [2.24, 2.45) is 0 Å². The Hall–Kier alpha value is -3.49. The van der Waals surface area contributed by atoms with E-state index in [2.05, 4.69) is 98.9 Å². The smallest absolute Gasteiger partial charge is 0.362 e. The third-order valence-electron chi connectivity index (χ3n) is 10.0. The monoisotopic (exact) mass is 839 g/mol. The van der Waals surface area contributed by atoms with Crippen LogP contribution in [-0.2, 0) is 28.6 Å². The van der Waals surface area contributed by atoms with E-state index in [1.807, 2.05) is 21.1 Å². The molecule has 8 nitrogen and oxygen atoms in total. The van der Waals surface area contributed by atoms with Gasteiger partial charge in [0.2, 0.25) is 0 Å². The van der Waals surface area contributed by atoms with Crippen LogP contribution >= 0.6 is 0 Å². The molecule has 0 aliphatic carbocycles. The van der Waals surface area contributed by atoms with E-state index in [1.165, 1.54) is 51.4 Å². The molecule has 0 heterocycles. The number of likely N-dealkylation sites (N-methyl/N-ethyl adjacent to an activating group) is 1. The fourth-order valence-electron chi connectivity index (χ4n) is 6.38. The first-order valence-corrected chi connectivity index (χ1v) is 23.6. The number of carboxylic acids is 1. The van der Waals surface area contributed by atoms with Crippen LogP contribution < -0.4 is 0 Å². The molecule has 0 amide bonds. The number of rotatable bonds is 41. The second-order valence-corrected chi connectivity index (χ2v) is 16.6. The van der Waals surface area contributed by atoms with Gasteiger partial charge in [-0.1, -0.05) is 150 Å². The number of carbonyl (C=O) groups excluding carboxylic acids is 2. The largest absolute Gasteiger partial charge is 0.477 e. The summed E-state index contributed by atoms with van der Waals surface area (Å²) in [5.41, 5.74) is 0. The number of hydrogen-bond donors (Lipinski definition) is 1. The summed E-state index contributed by atoms with van der Waals surface area (Å²) in [6, 6.07) is -0.627. The van der Waals surface area contributed by atoms with E-state index < -0.39 is 18.1 Å². The molecule has 0 spiro atoms. The van der Waals surface area contributed by atoms with E-state index in [4.69, 9.17) is 14.2 Å². The van der Waals surface area contributed by atoms with Crippen molar-refractivity contribution in [1.82, 2.24) is 0 Å². The number of carbonyl (C=O) groups is 3. The average Bonchev–Trinajstić information content (AvgIpc) is 3.21. The molecular formula is C52H88NO7+. The Morgan fingerprint density at radius 3 is 1.40 bits per heavy atom. The lowest BCUT2D eigenvalue weighted by molar-refractivity contribution is -0.887. The number of esters is 2. The SMILES string of the molecule is CC/C=C/C/C=C/C/C=C/C/C=C/C/C=C/CCCCCC(=O)OC(COCCC(C(=O)O)[N+](C)(C)C)COC(=O)CCCCCCCCC/C=C/C/C=C/CCCCC. The van der Waals surface area contributed by atoms with Crippen LogP contribution in [0.25, 0.3) is 0 Å². The molecule has 0 aromatic heterocycles. The van der Waals surface area contributed by atoms with E-state index in [-0.39, 0.29) is 42.7 Å². The molecule has 0 aromatic carbocycles. The lowest BCUT2D eigenvalue weighted by Crippen LogP contribution is -2.50. The maximum atomic E-state index is 12.8. The minimum absolute atomic E-state index is 0.0402. The van der Waals surface area contributed by atoms with Gasteiger partial charge in [-0.2, -0.15) is 0 Å². The number of allylic oxidation sites excluding steroid dienone is 14.